The second-order valence-corrected chi connectivity index (χ2v) is 3.46. The molecule has 0 saturated carbocycles. The number of Topliss-reactive ketones (excluding diaryl/α,β-unsaturated/α-hetero) is 1. The minimum Gasteiger partial charge on any atom is -0.468 e. The summed E-state index contributed by atoms with van der Waals surface area (Å²) < 4.78 is 29.9. The van der Waals surface area contributed by atoms with E-state index in [9.17, 15) is 18.4 Å². The van der Waals surface area contributed by atoms with Crippen LogP contribution in [0.25, 0.3) is 0 Å². The van der Waals surface area contributed by atoms with E-state index in [0.29, 0.717) is 0 Å². The highest BCUT2D eigenvalue weighted by atomic mass is 19.2. The maximum Gasteiger partial charge on any atom is 0.323 e. The molecule has 0 N–H and O–H groups in total. The third-order valence-electron chi connectivity index (χ3n) is 2.27. The molecule has 1 unspecified atom stereocenters. The summed E-state index contributed by atoms with van der Waals surface area (Å²) in [5.41, 5.74) is -0.0990. The molecule has 0 heterocycles. The fraction of sp³-hybridized carbons (Fsp3) is 0.250. The number of benzene rings is 1. The van der Waals surface area contributed by atoms with E-state index in [1.165, 1.54) is 0 Å². The van der Waals surface area contributed by atoms with Crippen LogP contribution in [0.3, 0.4) is 0 Å². The van der Waals surface area contributed by atoms with Gasteiger partial charge in [-0.2, -0.15) is 5.26 Å². The van der Waals surface area contributed by atoms with Crippen molar-refractivity contribution in [1.29, 1.82) is 5.26 Å². The van der Waals surface area contributed by atoms with E-state index >= 15 is 0 Å². The topological polar surface area (TPSA) is 67.2 Å². The summed E-state index contributed by atoms with van der Waals surface area (Å²) >= 11 is 0. The molecule has 0 bridgehead atoms. The lowest BCUT2D eigenvalue weighted by molar-refractivity contribution is -0.143. The SMILES string of the molecule is COC(=O)C(C#N)CC(=O)c1ccc(F)c(F)c1. The van der Waals surface area contributed by atoms with Gasteiger partial charge in [0.1, 0.15) is 0 Å². The van der Waals surface area contributed by atoms with E-state index in [1.807, 2.05) is 0 Å². The van der Waals surface area contributed by atoms with Crippen molar-refractivity contribution < 1.29 is 23.1 Å². The van der Waals surface area contributed by atoms with E-state index < -0.39 is 35.7 Å². The zero-order chi connectivity index (χ0) is 13.7. The molecular formula is C12H9F2NO3. The lowest BCUT2D eigenvalue weighted by Crippen LogP contribution is -2.18. The molecule has 0 aliphatic rings. The van der Waals surface area contributed by atoms with E-state index in [0.717, 1.165) is 25.3 Å². The molecule has 4 nitrogen and oxygen atoms in total. The number of carbonyl (C=O) groups excluding carboxylic acids is 2. The zero-order valence-electron chi connectivity index (χ0n) is 9.44. The fourth-order valence-corrected chi connectivity index (χ4v) is 1.30. The van der Waals surface area contributed by atoms with Crippen LogP contribution in [0, 0.1) is 28.9 Å². The van der Waals surface area contributed by atoms with Gasteiger partial charge in [0.2, 0.25) is 0 Å². The van der Waals surface area contributed by atoms with Gasteiger partial charge in [0.15, 0.2) is 23.3 Å². The van der Waals surface area contributed by atoms with E-state index in [1.54, 1.807) is 6.07 Å². The van der Waals surface area contributed by atoms with Crippen LogP contribution in [0.5, 0.6) is 0 Å². The molecule has 0 fully saturated rings. The van der Waals surface area contributed by atoms with Crippen molar-refractivity contribution >= 4 is 11.8 Å². The van der Waals surface area contributed by atoms with Crippen molar-refractivity contribution in [2.45, 2.75) is 6.42 Å². The molecule has 0 saturated heterocycles. The van der Waals surface area contributed by atoms with Gasteiger partial charge >= 0.3 is 5.97 Å². The summed E-state index contributed by atoms with van der Waals surface area (Å²) in [6, 6.07) is 4.24. The summed E-state index contributed by atoms with van der Waals surface area (Å²) in [6.07, 6.45) is -0.436. The second kappa shape index (κ2) is 5.87. The van der Waals surface area contributed by atoms with Crippen LogP contribution in [-0.4, -0.2) is 18.9 Å². The second-order valence-electron chi connectivity index (χ2n) is 3.46. The molecule has 0 amide bonds. The summed E-state index contributed by atoms with van der Waals surface area (Å²) in [6.45, 7) is 0. The number of nitrogens with zero attached hydrogens (tertiary/aromatic N) is 1. The summed E-state index contributed by atoms with van der Waals surface area (Å²) in [4.78, 5) is 22.7. The predicted octanol–water partition coefficient (Wildman–Crippen LogP) is 1.85. The van der Waals surface area contributed by atoms with Crippen molar-refractivity contribution in [2.75, 3.05) is 7.11 Å². The van der Waals surface area contributed by atoms with Gasteiger partial charge in [-0.15, -0.1) is 0 Å². The van der Waals surface area contributed by atoms with Gasteiger partial charge < -0.3 is 4.74 Å². The van der Waals surface area contributed by atoms with Crippen LogP contribution < -0.4 is 0 Å². The molecule has 18 heavy (non-hydrogen) atoms. The Morgan fingerprint density at radius 2 is 2.06 bits per heavy atom. The molecule has 0 aliphatic heterocycles. The highest BCUT2D eigenvalue weighted by molar-refractivity contribution is 5.98. The molecule has 94 valence electrons. The van der Waals surface area contributed by atoms with Gasteiger partial charge in [-0.25, -0.2) is 8.78 Å². The zero-order valence-corrected chi connectivity index (χ0v) is 9.44. The van der Waals surface area contributed by atoms with Crippen molar-refractivity contribution in [3.8, 4) is 6.07 Å². The Morgan fingerprint density at radius 1 is 1.39 bits per heavy atom. The molecule has 0 aliphatic carbocycles. The van der Waals surface area contributed by atoms with Crippen molar-refractivity contribution in [2.24, 2.45) is 5.92 Å². The molecule has 0 aromatic heterocycles. The number of rotatable bonds is 4. The van der Waals surface area contributed by atoms with Crippen molar-refractivity contribution in [1.82, 2.24) is 0 Å². The number of halogens is 2. The van der Waals surface area contributed by atoms with E-state index in [2.05, 4.69) is 4.74 Å². The van der Waals surface area contributed by atoms with Gasteiger partial charge in [0, 0.05) is 12.0 Å². The minimum absolute atomic E-state index is 0.0990. The molecule has 1 atom stereocenters. The maximum absolute atomic E-state index is 12.9. The smallest absolute Gasteiger partial charge is 0.323 e. The first-order chi connectivity index (χ1) is 8.49. The van der Waals surface area contributed by atoms with Crippen LogP contribution in [0.1, 0.15) is 16.8 Å². The van der Waals surface area contributed by atoms with Crippen molar-refractivity contribution in [3.05, 3.63) is 35.4 Å². The molecule has 1 rings (SSSR count). The third-order valence-corrected chi connectivity index (χ3v) is 2.27. The average molecular weight is 253 g/mol. The standard InChI is InChI=1S/C12H9F2NO3/c1-18-12(17)8(6-15)5-11(16)7-2-3-9(13)10(14)4-7/h2-4,8H,5H2,1H3. The van der Waals surface area contributed by atoms with Gasteiger partial charge in [-0.05, 0) is 18.2 Å². The number of hydrogen-bond donors (Lipinski definition) is 0. The van der Waals surface area contributed by atoms with Gasteiger partial charge in [0.25, 0.3) is 0 Å². The third kappa shape index (κ3) is 3.10. The lowest BCUT2D eigenvalue weighted by Gasteiger charge is -2.06. The lowest BCUT2D eigenvalue weighted by atomic mass is 9.99. The van der Waals surface area contributed by atoms with Crippen LogP contribution in [0.2, 0.25) is 0 Å². The van der Waals surface area contributed by atoms with Crippen LogP contribution in [0.15, 0.2) is 18.2 Å². The highest BCUT2D eigenvalue weighted by Gasteiger charge is 2.23. The first-order valence-electron chi connectivity index (χ1n) is 4.95. The van der Waals surface area contributed by atoms with E-state index in [-0.39, 0.29) is 5.56 Å². The predicted molar refractivity (Wildman–Crippen MR) is 56.4 cm³/mol. The number of methoxy groups -OCH3 is 1. The minimum atomic E-state index is -1.25. The highest BCUT2D eigenvalue weighted by Crippen LogP contribution is 2.14. The molecule has 1 aromatic carbocycles. The number of ether oxygens (including phenoxy) is 1. The molecule has 1 aromatic rings. The summed E-state index contributed by atoms with van der Waals surface area (Å²) in [5.74, 6) is -4.96. The monoisotopic (exact) mass is 253 g/mol. The maximum atomic E-state index is 12.9. The normalized spacial score (nSPS) is 11.4. The summed E-state index contributed by atoms with van der Waals surface area (Å²) in [7, 11) is 1.09. The molecule has 0 spiro atoms. The van der Waals surface area contributed by atoms with Gasteiger partial charge in [0.05, 0.1) is 13.2 Å². The largest absolute Gasteiger partial charge is 0.468 e. The Labute approximate surface area is 102 Å². The number of esters is 1. The Hall–Kier alpha value is -2.29. The quantitative estimate of drug-likeness (QED) is 0.606. The number of nitriles is 1. The summed E-state index contributed by atoms with van der Waals surface area (Å²) in [5, 5.41) is 8.68. The van der Waals surface area contributed by atoms with Crippen LogP contribution in [0.4, 0.5) is 8.78 Å². The Bertz CT molecular complexity index is 523. The molecule has 6 heteroatoms. The van der Waals surface area contributed by atoms with Crippen LogP contribution >= 0.6 is 0 Å². The van der Waals surface area contributed by atoms with Crippen LogP contribution in [-0.2, 0) is 9.53 Å². The van der Waals surface area contributed by atoms with Crippen molar-refractivity contribution in [3.63, 3.8) is 0 Å². The average Bonchev–Trinajstić information content (AvgIpc) is 2.37. The Balaban J connectivity index is 2.85. The van der Waals surface area contributed by atoms with E-state index in [4.69, 9.17) is 5.26 Å². The first kappa shape index (κ1) is 13.8. The number of hydrogen-bond acceptors (Lipinski definition) is 4. The number of ketones is 1. The Morgan fingerprint density at radius 3 is 2.56 bits per heavy atom. The number of carbonyl (C=O) groups is 2. The molecular weight excluding hydrogens is 244 g/mol. The van der Waals surface area contributed by atoms with Gasteiger partial charge in [-0.1, -0.05) is 0 Å². The van der Waals surface area contributed by atoms with Gasteiger partial charge in [-0.3, -0.25) is 9.59 Å². The molecule has 0 radical (unpaired) electrons. The first-order valence-corrected chi connectivity index (χ1v) is 4.95. The fourth-order valence-electron chi connectivity index (χ4n) is 1.30. The Kier molecular flexibility index (Phi) is 4.49.